The summed E-state index contributed by atoms with van der Waals surface area (Å²) in [7, 11) is 0. The second-order valence-corrected chi connectivity index (χ2v) is 5.58. The molecule has 0 aliphatic rings. The number of rotatable bonds is 6. The molecule has 0 atom stereocenters. The Bertz CT molecular complexity index is 966. The second kappa shape index (κ2) is 7.37. The van der Waals surface area contributed by atoms with Crippen LogP contribution < -0.4 is 15.6 Å². The minimum Gasteiger partial charge on any atom is -0.490 e. The molecule has 130 valence electrons. The Hall–Kier alpha value is -2.84. The van der Waals surface area contributed by atoms with Crippen molar-refractivity contribution in [3.63, 3.8) is 0 Å². The summed E-state index contributed by atoms with van der Waals surface area (Å²) in [5, 5.41) is 15.8. The van der Waals surface area contributed by atoms with E-state index in [1.165, 1.54) is 27.7 Å². The average Bonchev–Trinajstić information content (AvgIpc) is 3.02. The number of aliphatic hydroxyl groups is 1. The first-order valence-electron chi connectivity index (χ1n) is 7.44. The number of ether oxygens (including phenoxy) is 1. The summed E-state index contributed by atoms with van der Waals surface area (Å²) >= 11 is 6.01. The first kappa shape index (κ1) is 17.0. The zero-order chi connectivity index (χ0) is 17.8. The molecular weight excluding hydrogens is 348 g/mol. The van der Waals surface area contributed by atoms with Crippen molar-refractivity contribution in [3.05, 3.63) is 58.2 Å². The number of para-hydroxylation sites is 1. The van der Waals surface area contributed by atoms with Crippen molar-refractivity contribution >= 4 is 28.7 Å². The van der Waals surface area contributed by atoms with E-state index in [0.29, 0.717) is 22.0 Å². The van der Waals surface area contributed by atoms with Gasteiger partial charge in [-0.2, -0.15) is 5.10 Å². The van der Waals surface area contributed by atoms with Gasteiger partial charge >= 0.3 is 0 Å². The lowest BCUT2D eigenvalue weighted by molar-refractivity contribution is -0.118. The molecule has 1 aromatic carbocycles. The first-order chi connectivity index (χ1) is 12.1. The van der Waals surface area contributed by atoms with Crippen LogP contribution in [0.15, 0.2) is 47.7 Å². The van der Waals surface area contributed by atoms with E-state index >= 15 is 0 Å². The van der Waals surface area contributed by atoms with Gasteiger partial charge in [-0.25, -0.2) is 4.52 Å². The molecule has 3 aromatic rings. The third-order valence-corrected chi connectivity index (χ3v) is 3.76. The fourth-order valence-electron chi connectivity index (χ4n) is 2.27. The van der Waals surface area contributed by atoms with E-state index in [-0.39, 0.29) is 18.7 Å². The zero-order valence-corrected chi connectivity index (χ0v) is 13.8. The Morgan fingerprint density at radius 2 is 2.16 bits per heavy atom. The molecule has 9 heteroatoms. The molecule has 1 amide bonds. The number of carbonyl (C=O) groups is 1. The first-order valence-corrected chi connectivity index (χ1v) is 7.82. The van der Waals surface area contributed by atoms with Gasteiger partial charge in [0.15, 0.2) is 0 Å². The van der Waals surface area contributed by atoms with Crippen LogP contribution >= 0.6 is 11.6 Å². The van der Waals surface area contributed by atoms with Gasteiger partial charge in [0.2, 0.25) is 5.91 Å². The highest BCUT2D eigenvalue weighted by Gasteiger charge is 2.09. The van der Waals surface area contributed by atoms with Gasteiger partial charge in [0.25, 0.3) is 5.56 Å². The molecule has 0 radical (unpaired) electrons. The topological polar surface area (TPSA) is 97.9 Å². The number of aromatic nitrogens is 3. The molecule has 0 spiro atoms. The number of fused-ring (bicyclic) bond motifs is 1. The standard InChI is InChI=1S/C16H15ClN4O4/c17-12-3-1-2-4-14(12)25-6-5-20-10-18-21-8-11(19-15(23)9-22)7-13(21)16(20)24/h1-4,7-8,10,22H,5-6,9H2,(H,19,23). The Labute approximate surface area is 147 Å². The van der Waals surface area contributed by atoms with Crippen molar-refractivity contribution in [2.45, 2.75) is 6.54 Å². The number of aliphatic hydroxyl groups excluding tert-OH is 1. The number of nitrogens with one attached hydrogen (secondary N) is 1. The SMILES string of the molecule is O=C(CO)Nc1cc2c(=O)n(CCOc3ccccc3Cl)cnn2c1. The highest BCUT2D eigenvalue weighted by Crippen LogP contribution is 2.22. The zero-order valence-electron chi connectivity index (χ0n) is 13.1. The maximum atomic E-state index is 12.5. The quantitative estimate of drug-likeness (QED) is 0.685. The van der Waals surface area contributed by atoms with Crippen LogP contribution in [0.25, 0.3) is 5.52 Å². The second-order valence-electron chi connectivity index (χ2n) is 5.17. The number of hydrogen-bond donors (Lipinski definition) is 2. The van der Waals surface area contributed by atoms with E-state index in [2.05, 4.69) is 10.4 Å². The summed E-state index contributed by atoms with van der Waals surface area (Å²) in [5.74, 6) is -0.0210. The van der Waals surface area contributed by atoms with Crippen LogP contribution in [-0.2, 0) is 11.3 Å². The van der Waals surface area contributed by atoms with E-state index < -0.39 is 12.5 Å². The molecule has 2 heterocycles. The van der Waals surface area contributed by atoms with Gasteiger partial charge in [-0.15, -0.1) is 0 Å². The molecule has 2 aromatic heterocycles. The van der Waals surface area contributed by atoms with E-state index in [4.69, 9.17) is 21.4 Å². The summed E-state index contributed by atoms with van der Waals surface area (Å²) in [4.78, 5) is 23.7. The van der Waals surface area contributed by atoms with Crippen LogP contribution in [0.5, 0.6) is 5.75 Å². The van der Waals surface area contributed by atoms with Gasteiger partial charge in [0.1, 0.15) is 30.8 Å². The van der Waals surface area contributed by atoms with E-state index in [1.54, 1.807) is 18.2 Å². The molecular formula is C16H15ClN4O4. The molecule has 0 saturated heterocycles. The van der Waals surface area contributed by atoms with Gasteiger partial charge in [-0.3, -0.25) is 14.2 Å². The Morgan fingerprint density at radius 3 is 2.92 bits per heavy atom. The Morgan fingerprint density at radius 1 is 1.36 bits per heavy atom. The van der Waals surface area contributed by atoms with Crippen molar-refractivity contribution in [2.24, 2.45) is 0 Å². The number of carbonyl (C=O) groups excluding carboxylic acids is 1. The molecule has 0 aliphatic carbocycles. The number of nitrogens with zero attached hydrogens (tertiary/aromatic N) is 3. The lowest BCUT2D eigenvalue weighted by Gasteiger charge is -2.09. The van der Waals surface area contributed by atoms with E-state index in [9.17, 15) is 9.59 Å². The summed E-state index contributed by atoms with van der Waals surface area (Å²) in [5.41, 5.74) is 0.407. The largest absolute Gasteiger partial charge is 0.490 e. The normalized spacial score (nSPS) is 10.8. The summed E-state index contributed by atoms with van der Waals surface area (Å²) in [6, 6.07) is 8.57. The van der Waals surface area contributed by atoms with Crippen LogP contribution in [0.1, 0.15) is 0 Å². The monoisotopic (exact) mass is 362 g/mol. The van der Waals surface area contributed by atoms with E-state index in [0.717, 1.165) is 0 Å². The lowest BCUT2D eigenvalue weighted by atomic mass is 10.3. The molecule has 2 N–H and O–H groups in total. The predicted molar refractivity (Wildman–Crippen MR) is 92.1 cm³/mol. The van der Waals surface area contributed by atoms with Gasteiger partial charge in [-0.05, 0) is 18.2 Å². The van der Waals surface area contributed by atoms with Crippen LogP contribution in [0.4, 0.5) is 5.69 Å². The highest BCUT2D eigenvalue weighted by atomic mass is 35.5. The fraction of sp³-hybridized carbons (Fsp3) is 0.188. The summed E-state index contributed by atoms with van der Waals surface area (Å²) < 4.78 is 8.34. The highest BCUT2D eigenvalue weighted by molar-refractivity contribution is 6.32. The van der Waals surface area contributed by atoms with Gasteiger partial charge in [0, 0.05) is 0 Å². The summed E-state index contributed by atoms with van der Waals surface area (Å²) in [6.45, 7) is -0.101. The van der Waals surface area contributed by atoms with Crippen LogP contribution in [0.3, 0.4) is 0 Å². The minimum atomic E-state index is -0.636. The number of amides is 1. The number of halogens is 1. The molecule has 0 aliphatic heterocycles. The van der Waals surface area contributed by atoms with Gasteiger partial charge < -0.3 is 15.2 Å². The molecule has 0 saturated carbocycles. The third-order valence-electron chi connectivity index (χ3n) is 3.45. The van der Waals surface area contributed by atoms with Crippen molar-refractivity contribution in [1.82, 2.24) is 14.2 Å². The molecule has 3 rings (SSSR count). The molecule has 0 unspecified atom stereocenters. The molecule has 0 bridgehead atoms. The lowest BCUT2D eigenvalue weighted by Crippen LogP contribution is -2.25. The van der Waals surface area contributed by atoms with E-state index in [1.807, 2.05) is 6.07 Å². The Kier molecular flexibility index (Phi) is 5.01. The maximum Gasteiger partial charge on any atom is 0.277 e. The van der Waals surface area contributed by atoms with Crippen LogP contribution in [0, 0.1) is 0 Å². The minimum absolute atomic E-state index is 0.246. The molecule has 25 heavy (non-hydrogen) atoms. The van der Waals surface area contributed by atoms with Gasteiger partial charge in [0.05, 0.1) is 23.5 Å². The van der Waals surface area contributed by atoms with Crippen molar-refractivity contribution < 1.29 is 14.6 Å². The van der Waals surface area contributed by atoms with Crippen LogP contribution in [-0.4, -0.2) is 38.4 Å². The van der Waals surface area contributed by atoms with Crippen LogP contribution in [0.2, 0.25) is 5.02 Å². The Balaban J connectivity index is 1.74. The summed E-state index contributed by atoms with van der Waals surface area (Å²) in [6.07, 6.45) is 2.89. The molecule has 8 nitrogen and oxygen atoms in total. The number of hydrogen-bond acceptors (Lipinski definition) is 5. The average molecular weight is 363 g/mol. The molecule has 0 fully saturated rings. The maximum absolute atomic E-state index is 12.5. The number of anilines is 1. The van der Waals surface area contributed by atoms with Crippen molar-refractivity contribution in [3.8, 4) is 5.75 Å². The van der Waals surface area contributed by atoms with Crippen molar-refractivity contribution in [1.29, 1.82) is 0 Å². The van der Waals surface area contributed by atoms with Gasteiger partial charge in [-0.1, -0.05) is 23.7 Å². The smallest absolute Gasteiger partial charge is 0.277 e. The fourth-order valence-corrected chi connectivity index (χ4v) is 2.46. The third kappa shape index (κ3) is 3.81. The number of benzene rings is 1. The predicted octanol–water partition coefficient (Wildman–Crippen LogP) is 1.16. The van der Waals surface area contributed by atoms with Crippen molar-refractivity contribution in [2.75, 3.05) is 18.5 Å².